The molecule has 132 valence electrons. The van der Waals surface area contributed by atoms with Crippen LogP contribution in [0, 0.1) is 17.0 Å². The van der Waals surface area contributed by atoms with Crippen molar-refractivity contribution in [3.63, 3.8) is 0 Å². The Hall–Kier alpha value is -2.29. The summed E-state index contributed by atoms with van der Waals surface area (Å²) in [5, 5.41) is 21.7. The number of aryl methyl sites for hydroxylation is 1. The zero-order chi connectivity index (χ0) is 18.2. The monoisotopic (exact) mass is 362 g/mol. The molecule has 0 aliphatic carbocycles. The molecule has 0 amide bonds. The van der Waals surface area contributed by atoms with Gasteiger partial charge in [-0.1, -0.05) is 42.0 Å². The smallest absolute Gasteiger partial charge is 0.289 e. The van der Waals surface area contributed by atoms with Gasteiger partial charge in [-0.05, 0) is 25.0 Å². The summed E-state index contributed by atoms with van der Waals surface area (Å²) in [5.41, 5.74) is 1.38. The maximum Gasteiger partial charge on any atom is 0.289 e. The van der Waals surface area contributed by atoms with E-state index in [0.29, 0.717) is 6.42 Å². The summed E-state index contributed by atoms with van der Waals surface area (Å²) in [6.45, 7) is 2.03. The summed E-state index contributed by atoms with van der Waals surface area (Å²) in [6.07, 6.45) is -0.809. The van der Waals surface area contributed by atoms with E-state index < -0.39 is 31.8 Å². The summed E-state index contributed by atoms with van der Waals surface area (Å²) >= 11 is 0. The predicted octanol–water partition coefficient (Wildman–Crippen LogP) is 2.40. The van der Waals surface area contributed by atoms with E-state index >= 15 is 0 Å². The second-order valence-corrected chi connectivity index (χ2v) is 7.92. The number of para-hydroxylation sites is 1. The topological polar surface area (TPSA) is 101 Å². The zero-order valence-electron chi connectivity index (χ0n) is 13.6. The first kappa shape index (κ1) is 17.5. The van der Waals surface area contributed by atoms with Crippen molar-refractivity contribution in [3.8, 4) is 0 Å². The molecule has 3 rings (SSSR count). The van der Waals surface area contributed by atoms with Crippen molar-refractivity contribution in [3.05, 3.63) is 69.8 Å². The van der Waals surface area contributed by atoms with E-state index in [-0.39, 0.29) is 12.5 Å². The molecule has 1 heterocycles. The number of sulfonamides is 1. The third-order valence-corrected chi connectivity index (χ3v) is 6.35. The molecule has 2 atom stereocenters. The SMILES string of the molecule is Cc1cccc(C2CCN(S(=O)(=O)c3ccccc3[N+](=O)[O-])C2O)c1. The summed E-state index contributed by atoms with van der Waals surface area (Å²) in [6, 6.07) is 12.7. The van der Waals surface area contributed by atoms with E-state index in [9.17, 15) is 23.6 Å². The van der Waals surface area contributed by atoms with Crippen LogP contribution in [-0.4, -0.2) is 35.5 Å². The molecule has 0 radical (unpaired) electrons. The van der Waals surface area contributed by atoms with Crippen molar-refractivity contribution in [2.24, 2.45) is 0 Å². The molecule has 1 N–H and O–H groups in total. The van der Waals surface area contributed by atoms with E-state index in [2.05, 4.69) is 0 Å². The average molecular weight is 362 g/mol. The summed E-state index contributed by atoms with van der Waals surface area (Å²) in [7, 11) is -4.17. The normalized spacial score (nSPS) is 21.4. The number of nitrogens with zero attached hydrogens (tertiary/aromatic N) is 2. The maximum absolute atomic E-state index is 12.9. The van der Waals surface area contributed by atoms with Crippen molar-refractivity contribution >= 4 is 15.7 Å². The molecule has 1 fully saturated rings. The molecule has 0 bridgehead atoms. The lowest BCUT2D eigenvalue weighted by Gasteiger charge is -2.23. The number of nitro benzene ring substituents is 1. The van der Waals surface area contributed by atoms with Crippen LogP contribution in [0.4, 0.5) is 5.69 Å². The molecule has 25 heavy (non-hydrogen) atoms. The Balaban J connectivity index is 1.96. The summed E-state index contributed by atoms with van der Waals surface area (Å²) in [4.78, 5) is 10.0. The van der Waals surface area contributed by atoms with Gasteiger partial charge in [-0.3, -0.25) is 10.1 Å². The largest absolute Gasteiger partial charge is 0.377 e. The molecule has 1 aliphatic rings. The Morgan fingerprint density at radius 3 is 2.60 bits per heavy atom. The average Bonchev–Trinajstić information content (AvgIpc) is 2.97. The number of benzene rings is 2. The first-order valence-electron chi connectivity index (χ1n) is 7.82. The number of hydrogen-bond donors (Lipinski definition) is 1. The van der Waals surface area contributed by atoms with Gasteiger partial charge in [-0.15, -0.1) is 0 Å². The van der Waals surface area contributed by atoms with Crippen LogP contribution in [0.5, 0.6) is 0 Å². The van der Waals surface area contributed by atoms with Crippen LogP contribution in [0.1, 0.15) is 23.5 Å². The molecule has 7 nitrogen and oxygen atoms in total. The highest BCUT2D eigenvalue weighted by atomic mass is 32.2. The van der Waals surface area contributed by atoms with Crippen LogP contribution >= 0.6 is 0 Å². The lowest BCUT2D eigenvalue weighted by atomic mass is 9.96. The summed E-state index contributed by atoms with van der Waals surface area (Å²) in [5.74, 6) is -0.363. The van der Waals surface area contributed by atoms with Crippen molar-refractivity contribution in [2.45, 2.75) is 30.4 Å². The van der Waals surface area contributed by atoms with Crippen molar-refractivity contribution < 1.29 is 18.4 Å². The number of aliphatic hydroxyl groups is 1. The van der Waals surface area contributed by atoms with Gasteiger partial charge in [0, 0.05) is 18.5 Å². The third kappa shape index (κ3) is 3.15. The van der Waals surface area contributed by atoms with Crippen LogP contribution in [0.3, 0.4) is 0 Å². The second kappa shape index (κ2) is 6.55. The number of rotatable bonds is 4. The first-order chi connectivity index (χ1) is 11.8. The highest BCUT2D eigenvalue weighted by Gasteiger charge is 2.43. The predicted molar refractivity (Wildman–Crippen MR) is 91.5 cm³/mol. The minimum atomic E-state index is -4.17. The van der Waals surface area contributed by atoms with Crippen molar-refractivity contribution in [1.29, 1.82) is 0 Å². The van der Waals surface area contributed by atoms with Gasteiger partial charge < -0.3 is 5.11 Å². The fourth-order valence-electron chi connectivity index (χ4n) is 3.20. The van der Waals surface area contributed by atoms with E-state index in [4.69, 9.17) is 0 Å². The van der Waals surface area contributed by atoms with E-state index in [1.807, 2.05) is 31.2 Å². The molecule has 8 heteroatoms. The molecular weight excluding hydrogens is 344 g/mol. The summed E-state index contributed by atoms with van der Waals surface area (Å²) < 4.78 is 26.7. The number of aliphatic hydroxyl groups excluding tert-OH is 1. The number of hydrogen-bond acceptors (Lipinski definition) is 5. The highest BCUT2D eigenvalue weighted by Crippen LogP contribution is 2.37. The molecule has 0 spiro atoms. The first-order valence-corrected chi connectivity index (χ1v) is 9.26. The lowest BCUT2D eigenvalue weighted by Crippen LogP contribution is -2.37. The Bertz CT molecular complexity index is 913. The Kier molecular flexibility index (Phi) is 4.59. The van der Waals surface area contributed by atoms with Crippen LogP contribution < -0.4 is 0 Å². The van der Waals surface area contributed by atoms with Gasteiger partial charge in [-0.25, -0.2) is 8.42 Å². The molecule has 0 saturated carbocycles. The van der Waals surface area contributed by atoms with E-state index in [1.54, 1.807) is 0 Å². The third-order valence-electron chi connectivity index (χ3n) is 4.43. The van der Waals surface area contributed by atoms with Gasteiger partial charge >= 0.3 is 0 Å². The van der Waals surface area contributed by atoms with Crippen molar-refractivity contribution in [1.82, 2.24) is 4.31 Å². The molecule has 2 aromatic rings. The van der Waals surface area contributed by atoms with Gasteiger partial charge in [0.15, 0.2) is 4.90 Å². The van der Waals surface area contributed by atoms with Gasteiger partial charge in [0.1, 0.15) is 6.23 Å². The fourth-order valence-corrected chi connectivity index (χ4v) is 4.89. The molecule has 1 aliphatic heterocycles. The van der Waals surface area contributed by atoms with Crippen LogP contribution in [-0.2, 0) is 10.0 Å². The van der Waals surface area contributed by atoms with Gasteiger partial charge in [-0.2, -0.15) is 4.31 Å². The number of nitro groups is 1. The van der Waals surface area contributed by atoms with Crippen LogP contribution in [0.25, 0.3) is 0 Å². The zero-order valence-corrected chi connectivity index (χ0v) is 14.4. The van der Waals surface area contributed by atoms with Crippen molar-refractivity contribution in [2.75, 3.05) is 6.54 Å². The van der Waals surface area contributed by atoms with Crippen LogP contribution in [0.2, 0.25) is 0 Å². The molecule has 0 aromatic heterocycles. The van der Waals surface area contributed by atoms with Gasteiger partial charge in [0.25, 0.3) is 15.7 Å². The standard InChI is InChI=1S/C17H18N2O5S/c1-12-5-4-6-13(11-12)14-9-10-18(17(14)20)25(23,24)16-8-3-2-7-15(16)19(21)22/h2-8,11,14,17,20H,9-10H2,1H3. The van der Waals surface area contributed by atoms with Crippen LogP contribution in [0.15, 0.2) is 53.4 Å². The highest BCUT2D eigenvalue weighted by molar-refractivity contribution is 7.89. The minimum Gasteiger partial charge on any atom is -0.377 e. The Morgan fingerprint density at radius 2 is 1.92 bits per heavy atom. The Labute approximate surface area is 145 Å². The van der Waals surface area contributed by atoms with E-state index in [1.165, 1.54) is 18.2 Å². The Morgan fingerprint density at radius 1 is 1.20 bits per heavy atom. The molecule has 2 aromatic carbocycles. The second-order valence-electron chi connectivity index (χ2n) is 6.06. The maximum atomic E-state index is 12.9. The van der Waals surface area contributed by atoms with E-state index in [0.717, 1.165) is 21.5 Å². The molecule has 1 saturated heterocycles. The minimum absolute atomic E-state index is 0.105. The lowest BCUT2D eigenvalue weighted by molar-refractivity contribution is -0.387. The molecule has 2 unspecified atom stereocenters. The van der Waals surface area contributed by atoms with Gasteiger partial charge in [0.05, 0.1) is 4.92 Å². The fraction of sp³-hybridized carbons (Fsp3) is 0.294. The van der Waals surface area contributed by atoms with Gasteiger partial charge in [0.2, 0.25) is 0 Å². The quantitative estimate of drug-likeness (QED) is 0.665. The molecular formula is C17H18N2O5S.